The molecule has 126 valence electrons. The van der Waals surface area contributed by atoms with Crippen LogP contribution in [0.25, 0.3) is 10.9 Å². The van der Waals surface area contributed by atoms with Crippen molar-refractivity contribution in [2.45, 2.75) is 12.3 Å². The van der Waals surface area contributed by atoms with Gasteiger partial charge < -0.3 is 20.2 Å². The zero-order chi connectivity index (χ0) is 17.8. The van der Waals surface area contributed by atoms with Crippen molar-refractivity contribution in [3.63, 3.8) is 0 Å². The molecule has 1 aromatic heterocycles. The maximum atomic E-state index is 12.2. The van der Waals surface area contributed by atoms with E-state index in [-0.39, 0.29) is 41.5 Å². The average Bonchev–Trinajstić information content (AvgIpc) is 2.60. The van der Waals surface area contributed by atoms with Gasteiger partial charge in [0.05, 0.1) is 0 Å². The van der Waals surface area contributed by atoms with Crippen LogP contribution in [0.5, 0.6) is 0 Å². The first-order valence-corrected chi connectivity index (χ1v) is 7.72. The van der Waals surface area contributed by atoms with Gasteiger partial charge in [-0.15, -0.1) is 0 Å². The molecule has 0 saturated carbocycles. The summed E-state index contributed by atoms with van der Waals surface area (Å²) in [5.41, 5.74) is 1.50. The zero-order valence-electron chi connectivity index (χ0n) is 14.2. The number of hydrogen-bond donors (Lipinski definition) is 2. The molecule has 3 rings (SSSR count). The molecule has 7 heteroatoms. The van der Waals surface area contributed by atoms with Gasteiger partial charge in [-0.3, -0.25) is 9.59 Å². The number of H-pyrrole nitrogens is 1. The summed E-state index contributed by atoms with van der Waals surface area (Å²) in [4.78, 5) is 37.6. The van der Waals surface area contributed by atoms with Crippen LogP contribution in [-0.4, -0.2) is 16.9 Å². The van der Waals surface area contributed by atoms with E-state index in [9.17, 15) is 19.5 Å². The molecule has 0 aliphatic rings. The van der Waals surface area contributed by atoms with Crippen LogP contribution >= 0.6 is 0 Å². The number of nitrogens with one attached hydrogen (secondary N) is 2. The number of anilines is 1. The van der Waals surface area contributed by atoms with Gasteiger partial charge in [0.2, 0.25) is 11.5 Å². The van der Waals surface area contributed by atoms with Crippen LogP contribution in [0.15, 0.2) is 65.5 Å². The summed E-state index contributed by atoms with van der Waals surface area (Å²) >= 11 is 0. The number of carboxylic acid groups (broad SMARTS) is 1. The SMILES string of the molecule is O=C(CC(C(=O)[O-])c1ccccc1)Nc1ccc2[nH]c(=O)ccc2c1.[Na+]. The Morgan fingerprint density at radius 2 is 1.77 bits per heavy atom. The Morgan fingerprint density at radius 3 is 2.46 bits per heavy atom. The number of amides is 1. The number of aromatic amines is 1. The number of aliphatic carboxylic acids is 1. The molecule has 6 nitrogen and oxygen atoms in total. The fourth-order valence-electron chi connectivity index (χ4n) is 2.65. The van der Waals surface area contributed by atoms with Crippen LogP contribution in [-0.2, 0) is 9.59 Å². The number of carbonyl (C=O) groups is 2. The quantitative estimate of drug-likeness (QED) is 0.536. The maximum Gasteiger partial charge on any atom is 1.00 e. The van der Waals surface area contributed by atoms with Crippen molar-refractivity contribution in [3.05, 3.63) is 76.6 Å². The van der Waals surface area contributed by atoms with Gasteiger partial charge in [-0.2, -0.15) is 0 Å². The van der Waals surface area contributed by atoms with E-state index in [1.54, 1.807) is 54.6 Å². The number of aromatic nitrogens is 1. The van der Waals surface area contributed by atoms with Gasteiger partial charge in [0.25, 0.3) is 0 Å². The van der Waals surface area contributed by atoms with Crippen LogP contribution in [0.4, 0.5) is 5.69 Å². The molecule has 1 unspecified atom stereocenters. The summed E-state index contributed by atoms with van der Waals surface area (Å²) in [7, 11) is 0. The minimum atomic E-state index is -1.29. The van der Waals surface area contributed by atoms with E-state index in [2.05, 4.69) is 10.3 Å². The van der Waals surface area contributed by atoms with E-state index in [0.717, 1.165) is 5.39 Å². The third kappa shape index (κ3) is 4.82. The first kappa shape index (κ1) is 19.9. The van der Waals surface area contributed by atoms with Crippen LogP contribution in [0.3, 0.4) is 0 Å². The van der Waals surface area contributed by atoms with Crippen LogP contribution < -0.4 is 45.5 Å². The van der Waals surface area contributed by atoms with Crippen molar-refractivity contribution >= 4 is 28.5 Å². The minimum absolute atomic E-state index is 0. The molecule has 1 heterocycles. The van der Waals surface area contributed by atoms with Crippen molar-refractivity contribution in [2.24, 2.45) is 0 Å². The van der Waals surface area contributed by atoms with Crippen molar-refractivity contribution < 1.29 is 44.3 Å². The normalized spacial score (nSPS) is 11.4. The molecule has 0 radical (unpaired) electrons. The first-order chi connectivity index (χ1) is 12.0. The van der Waals surface area contributed by atoms with Crippen LogP contribution in [0.1, 0.15) is 17.9 Å². The summed E-state index contributed by atoms with van der Waals surface area (Å²) in [5.74, 6) is -2.74. The fourth-order valence-corrected chi connectivity index (χ4v) is 2.65. The monoisotopic (exact) mass is 358 g/mol. The van der Waals surface area contributed by atoms with Crippen LogP contribution in [0, 0.1) is 0 Å². The van der Waals surface area contributed by atoms with Gasteiger partial charge in [0, 0.05) is 41.0 Å². The van der Waals surface area contributed by atoms with E-state index in [0.29, 0.717) is 16.8 Å². The number of benzene rings is 2. The summed E-state index contributed by atoms with van der Waals surface area (Å²) in [6.45, 7) is 0. The molecule has 0 aliphatic heterocycles. The molecule has 1 amide bonds. The first-order valence-electron chi connectivity index (χ1n) is 7.72. The summed E-state index contributed by atoms with van der Waals surface area (Å²) in [6.07, 6.45) is -0.226. The number of carboxylic acids is 1. The van der Waals surface area contributed by atoms with E-state index in [1.807, 2.05) is 0 Å². The number of rotatable bonds is 5. The molecule has 0 saturated heterocycles. The zero-order valence-corrected chi connectivity index (χ0v) is 16.2. The van der Waals surface area contributed by atoms with E-state index >= 15 is 0 Å². The number of fused-ring (bicyclic) bond motifs is 1. The molecule has 2 aromatic carbocycles. The van der Waals surface area contributed by atoms with Gasteiger partial charge in [-0.05, 0) is 29.8 Å². The molecule has 2 N–H and O–H groups in total. The van der Waals surface area contributed by atoms with E-state index < -0.39 is 17.8 Å². The third-order valence-electron chi connectivity index (χ3n) is 3.88. The Balaban J connectivity index is 0.00000243. The Labute approximate surface area is 171 Å². The standard InChI is InChI=1S/C19H16N2O4.Na/c22-17-9-6-13-10-14(7-8-16(13)21-17)20-18(23)11-15(19(24)25)12-4-2-1-3-5-12;/h1-10,15H,11H2,(H,20,23)(H,21,22)(H,24,25);/q;+1/p-1. The molecule has 0 fully saturated rings. The molecule has 3 aromatic rings. The summed E-state index contributed by atoms with van der Waals surface area (Å²) < 4.78 is 0. The number of pyridine rings is 1. The van der Waals surface area contributed by atoms with Gasteiger partial charge in [-0.25, -0.2) is 0 Å². The van der Waals surface area contributed by atoms with Gasteiger partial charge >= 0.3 is 29.6 Å². The second-order valence-corrected chi connectivity index (χ2v) is 5.66. The predicted octanol–water partition coefficient (Wildman–Crippen LogP) is -1.61. The van der Waals surface area contributed by atoms with E-state index in [4.69, 9.17) is 0 Å². The molecule has 26 heavy (non-hydrogen) atoms. The molecule has 0 aliphatic carbocycles. The Morgan fingerprint density at radius 1 is 1.04 bits per heavy atom. The Hall–Kier alpha value is -2.41. The van der Waals surface area contributed by atoms with Crippen molar-refractivity contribution in [3.8, 4) is 0 Å². The second-order valence-electron chi connectivity index (χ2n) is 5.66. The molecule has 0 bridgehead atoms. The molecular weight excluding hydrogens is 343 g/mol. The fraction of sp³-hybridized carbons (Fsp3) is 0.105. The average molecular weight is 358 g/mol. The van der Waals surface area contributed by atoms with Crippen molar-refractivity contribution in [1.82, 2.24) is 4.98 Å². The van der Waals surface area contributed by atoms with Crippen molar-refractivity contribution in [2.75, 3.05) is 5.32 Å². The molecular formula is C19H15N2NaO4. The van der Waals surface area contributed by atoms with Gasteiger partial charge in [0.15, 0.2) is 0 Å². The second kappa shape index (κ2) is 8.80. The molecule has 1 atom stereocenters. The largest absolute Gasteiger partial charge is 1.00 e. The number of hydrogen-bond acceptors (Lipinski definition) is 4. The molecule has 0 spiro atoms. The predicted molar refractivity (Wildman–Crippen MR) is 92.0 cm³/mol. The maximum absolute atomic E-state index is 12.2. The van der Waals surface area contributed by atoms with Gasteiger partial charge in [-0.1, -0.05) is 30.3 Å². The third-order valence-corrected chi connectivity index (χ3v) is 3.88. The Bertz CT molecular complexity index is 986. The summed E-state index contributed by atoms with van der Waals surface area (Å²) in [6, 6.07) is 16.6. The Kier molecular flexibility index (Phi) is 6.74. The topological polar surface area (TPSA) is 102 Å². The number of carbonyl (C=O) groups excluding carboxylic acids is 2. The smallest absolute Gasteiger partial charge is 0.549 e. The van der Waals surface area contributed by atoms with Crippen molar-refractivity contribution in [1.29, 1.82) is 0 Å². The minimum Gasteiger partial charge on any atom is -0.549 e. The summed E-state index contributed by atoms with van der Waals surface area (Å²) in [5, 5.41) is 14.8. The van der Waals surface area contributed by atoms with Gasteiger partial charge in [0.1, 0.15) is 0 Å². The van der Waals surface area contributed by atoms with Crippen LogP contribution in [0.2, 0.25) is 0 Å². The van der Waals surface area contributed by atoms with E-state index in [1.165, 1.54) is 6.07 Å².